The molecule has 1 amide bonds. The lowest BCUT2D eigenvalue weighted by Crippen LogP contribution is -2.36. The Morgan fingerprint density at radius 2 is 1.75 bits per heavy atom. The highest BCUT2D eigenvalue weighted by molar-refractivity contribution is 6.30. The van der Waals surface area contributed by atoms with Crippen LogP contribution in [0.5, 0.6) is 0 Å². The molecule has 0 bridgehead atoms. The molecular weight excluding hydrogens is 222 g/mol. The Kier molecular flexibility index (Phi) is 3.83. The highest BCUT2D eigenvalue weighted by Gasteiger charge is 2.16. The van der Waals surface area contributed by atoms with Crippen LogP contribution in [-0.4, -0.2) is 23.9 Å². The lowest BCUT2D eigenvalue weighted by atomic mass is 10.1. The van der Waals surface area contributed by atoms with E-state index in [0.717, 1.165) is 31.5 Å². The number of hydrogen-bond acceptors (Lipinski definition) is 1. The lowest BCUT2D eigenvalue weighted by Gasteiger charge is -2.26. The highest BCUT2D eigenvalue weighted by atomic mass is 35.5. The lowest BCUT2D eigenvalue weighted by molar-refractivity contribution is -0.131. The van der Waals surface area contributed by atoms with Crippen molar-refractivity contribution in [3.8, 4) is 0 Å². The van der Waals surface area contributed by atoms with E-state index in [1.54, 1.807) is 0 Å². The SMILES string of the molecule is O=C(Cc1ccc(Cl)cc1)N1CCCCC1. The van der Waals surface area contributed by atoms with Gasteiger partial charge in [0.15, 0.2) is 0 Å². The summed E-state index contributed by atoms with van der Waals surface area (Å²) in [7, 11) is 0. The zero-order valence-electron chi connectivity index (χ0n) is 9.29. The average molecular weight is 238 g/mol. The van der Waals surface area contributed by atoms with Crippen LogP contribution in [0.2, 0.25) is 5.02 Å². The van der Waals surface area contributed by atoms with Crippen molar-refractivity contribution < 1.29 is 4.79 Å². The van der Waals surface area contributed by atoms with Gasteiger partial charge in [0.25, 0.3) is 0 Å². The molecule has 0 unspecified atom stereocenters. The van der Waals surface area contributed by atoms with E-state index in [-0.39, 0.29) is 5.91 Å². The van der Waals surface area contributed by atoms with Gasteiger partial charge in [-0.2, -0.15) is 0 Å². The van der Waals surface area contributed by atoms with Crippen LogP contribution in [0, 0.1) is 0 Å². The molecule has 0 atom stereocenters. The summed E-state index contributed by atoms with van der Waals surface area (Å²) in [5, 5.41) is 0.717. The van der Waals surface area contributed by atoms with Crippen LogP contribution in [0.4, 0.5) is 0 Å². The maximum absolute atomic E-state index is 11.9. The number of nitrogens with zero attached hydrogens (tertiary/aromatic N) is 1. The van der Waals surface area contributed by atoms with E-state index in [1.807, 2.05) is 29.2 Å². The van der Waals surface area contributed by atoms with Crippen molar-refractivity contribution in [1.29, 1.82) is 0 Å². The van der Waals surface area contributed by atoms with Gasteiger partial charge in [-0.3, -0.25) is 4.79 Å². The summed E-state index contributed by atoms with van der Waals surface area (Å²) in [6.07, 6.45) is 4.04. The molecule has 3 heteroatoms. The van der Waals surface area contributed by atoms with Crippen molar-refractivity contribution in [1.82, 2.24) is 4.90 Å². The number of rotatable bonds is 2. The Bertz CT molecular complexity index is 355. The third kappa shape index (κ3) is 2.99. The predicted octanol–water partition coefficient (Wildman–Crippen LogP) is 2.90. The van der Waals surface area contributed by atoms with Crippen molar-refractivity contribution in [2.75, 3.05) is 13.1 Å². The largest absolute Gasteiger partial charge is 0.342 e. The first-order chi connectivity index (χ1) is 7.75. The fourth-order valence-corrected chi connectivity index (χ4v) is 2.16. The number of halogens is 1. The fraction of sp³-hybridized carbons (Fsp3) is 0.462. The van der Waals surface area contributed by atoms with Crippen LogP contribution in [-0.2, 0) is 11.2 Å². The summed E-state index contributed by atoms with van der Waals surface area (Å²) in [6, 6.07) is 7.51. The second-order valence-corrected chi connectivity index (χ2v) is 4.68. The van der Waals surface area contributed by atoms with Crippen molar-refractivity contribution in [3.63, 3.8) is 0 Å². The van der Waals surface area contributed by atoms with Crippen LogP contribution in [0.3, 0.4) is 0 Å². The molecule has 1 saturated heterocycles. The standard InChI is InChI=1S/C13H16ClNO/c14-12-6-4-11(5-7-12)10-13(16)15-8-2-1-3-9-15/h4-7H,1-3,8-10H2. The maximum Gasteiger partial charge on any atom is 0.226 e. The minimum absolute atomic E-state index is 0.238. The molecule has 0 aliphatic carbocycles. The minimum Gasteiger partial charge on any atom is -0.342 e. The van der Waals surface area contributed by atoms with E-state index in [2.05, 4.69) is 0 Å². The zero-order valence-corrected chi connectivity index (χ0v) is 10.0. The van der Waals surface area contributed by atoms with Crippen LogP contribution in [0.25, 0.3) is 0 Å². The van der Waals surface area contributed by atoms with Crippen molar-refractivity contribution in [2.45, 2.75) is 25.7 Å². The van der Waals surface area contributed by atoms with Gasteiger partial charge in [0, 0.05) is 18.1 Å². The minimum atomic E-state index is 0.238. The first-order valence-corrected chi connectivity index (χ1v) is 6.16. The first-order valence-electron chi connectivity index (χ1n) is 5.78. The van der Waals surface area contributed by atoms with E-state index in [1.165, 1.54) is 6.42 Å². The quantitative estimate of drug-likeness (QED) is 0.775. The van der Waals surface area contributed by atoms with E-state index in [9.17, 15) is 4.79 Å². The summed E-state index contributed by atoms with van der Waals surface area (Å²) in [5.74, 6) is 0.238. The third-order valence-electron chi connectivity index (χ3n) is 2.98. The summed E-state index contributed by atoms with van der Waals surface area (Å²) in [5.41, 5.74) is 1.04. The molecule has 2 rings (SSSR count). The second kappa shape index (κ2) is 5.35. The molecule has 1 aromatic carbocycles. The molecule has 0 N–H and O–H groups in total. The van der Waals surface area contributed by atoms with E-state index in [0.29, 0.717) is 11.4 Å². The molecule has 86 valence electrons. The molecule has 1 aromatic rings. The van der Waals surface area contributed by atoms with E-state index >= 15 is 0 Å². The van der Waals surface area contributed by atoms with Gasteiger partial charge in [0.2, 0.25) is 5.91 Å². The van der Waals surface area contributed by atoms with Gasteiger partial charge in [-0.05, 0) is 37.0 Å². The van der Waals surface area contributed by atoms with Gasteiger partial charge in [0.05, 0.1) is 6.42 Å². The van der Waals surface area contributed by atoms with Gasteiger partial charge in [-0.25, -0.2) is 0 Å². The number of carbonyl (C=O) groups is 1. The van der Waals surface area contributed by atoms with Crippen LogP contribution < -0.4 is 0 Å². The molecule has 0 aromatic heterocycles. The number of likely N-dealkylation sites (tertiary alicyclic amines) is 1. The topological polar surface area (TPSA) is 20.3 Å². The monoisotopic (exact) mass is 237 g/mol. The smallest absolute Gasteiger partial charge is 0.226 e. The number of benzene rings is 1. The predicted molar refractivity (Wildman–Crippen MR) is 65.6 cm³/mol. The second-order valence-electron chi connectivity index (χ2n) is 4.24. The van der Waals surface area contributed by atoms with Crippen molar-refractivity contribution in [3.05, 3.63) is 34.9 Å². The molecule has 2 nitrogen and oxygen atoms in total. The zero-order chi connectivity index (χ0) is 11.4. The summed E-state index contributed by atoms with van der Waals surface area (Å²) >= 11 is 5.80. The van der Waals surface area contributed by atoms with Crippen molar-refractivity contribution in [2.24, 2.45) is 0 Å². The van der Waals surface area contributed by atoms with E-state index < -0.39 is 0 Å². The Morgan fingerprint density at radius 1 is 1.12 bits per heavy atom. The molecule has 16 heavy (non-hydrogen) atoms. The fourth-order valence-electron chi connectivity index (χ4n) is 2.03. The number of piperidine rings is 1. The Labute approximate surface area is 101 Å². The van der Waals surface area contributed by atoms with Crippen LogP contribution >= 0.6 is 11.6 Å². The first kappa shape index (κ1) is 11.5. The van der Waals surface area contributed by atoms with Gasteiger partial charge >= 0.3 is 0 Å². The molecule has 0 saturated carbocycles. The van der Waals surface area contributed by atoms with Crippen LogP contribution in [0.15, 0.2) is 24.3 Å². The maximum atomic E-state index is 11.9. The molecule has 0 spiro atoms. The highest BCUT2D eigenvalue weighted by Crippen LogP contribution is 2.13. The molecule has 1 aliphatic heterocycles. The summed E-state index contributed by atoms with van der Waals surface area (Å²) < 4.78 is 0. The van der Waals surface area contributed by atoms with E-state index in [4.69, 9.17) is 11.6 Å². The Balaban J connectivity index is 1.93. The molecule has 0 radical (unpaired) electrons. The number of amides is 1. The number of carbonyl (C=O) groups excluding carboxylic acids is 1. The Morgan fingerprint density at radius 3 is 2.38 bits per heavy atom. The van der Waals surface area contributed by atoms with Gasteiger partial charge < -0.3 is 4.90 Å². The number of hydrogen-bond donors (Lipinski definition) is 0. The van der Waals surface area contributed by atoms with Gasteiger partial charge in [0.1, 0.15) is 0 Å². The van der Waals surface area contributed by atoms with Gasteiger partial charge in [-0.1, -0.05) is 23.7 Å². The third-order valence-corrected chi connectivity index (χ3v) is 3.23. The molecule has 1 fully saturated rings. The van der Waals surface area contributed by atoms with Crippen LogP contribution in [0.1, 0.15) is 24.8 Å². The molecule has 1 aliphatic rings. The summed E-state index contributed by atoms with van der Waals surface area (Å²) in [4.78, 5) is 13.9. The Hall–Kier alpha value is -1.02. The normalized spacial score (nSPS) is 16.2. The molecule has 1 heterocycles. The summed E-state index contributed by atoms with van der Waals surface area (Å²) in [6.45, 7) is 1.85. The average Bonchev–Trinajstić information content (AvgIpc) is 2.33. The molecular formula is C13H16ClNO. The van der Waals surface area contributed by atoms with Crippen molar-refractivity contribution >= 4 is 17.5 Å². The van der Waals surface area contributed by atoms with Gasteiger partial charge in [-0.15, -0.1) is 0 Å².